The molecule has 3 N–H and O–H groups in total. The van der Waals surface area contributed by atoms with Gasteiger partial charge in [-0.1, -0.05) is 12.8 Å². The van der Waals surface area contributed by atoms with Crippen LogP contribution in [0.1, 0.15) is 39.0 Å². The zero-order valence-corrected chi connectivity index (χ0v) is 11.6. The van der Waals surface area contributed by atoms with E-state index >= 15 is 0 Å². The van der Waals surface area contributed by atoms with Crippen molar-refractivity contribution in [2.45, 2.75) is 51.1 Å². The maximum Gasteiger partial charge on any atom is 0.326 e. The first-order valence-corrected chi connectivity index (χ1v) is 6.81. The van der Waals surface area contributed by atoms with E-state index in [0.29, 0.717) is 19.4 Å². The Balaban J connectivity index is 2.26. The van der Waals surface area contributed by atoms with Crippen molar-refractivity contribution in [2.24, 2.45) is 5.92 Å². The molecule has 1 aliphatic rings. The SMILES string of the molecule is COCCCC(NC(=O)NC(C)CC1CC1)C(=O)O. The van der Waals surface area contributed by atoms with Crippen molar-refractivity contribution in [2.75, 3.05) is 13.7 Å². The van der Waals surface area contributed by atoms with Gasteiger partial charge in [0.15, 0.2) is 0 Å². The highest BCUT2D eigenvalue weighted by Crippen LogP contribution is 2.33. The molecule has 1 rings (SSSR count). The van der Waals surface area contributed by atoms with Crippen molar-refractivity contribution in [3.05, 3.63) is 0 Å². The van der Waals surface area contributed by atoms with Gasteiger partial charge < -0.3 is 20.5 Å². The maximum absolute atomic E-state index is 11.7. The highest BCUT2D eigenvalue weighted by Gasteiger charge is 2.25. The molecule has 0 radical (unpaired) electrons. The number of hydrogen-bond acceptors (Lipinski definition) is 3. The lowest BCUT2D eigenvalue weighted by Gasteiger charge is -2.18. The number of hydrogen-bond donors (Lipinski definition) is 3. The van der Waals surface area contributed by atoms with Gasteiger partial charge >= 0.3 is 12.0 Å². The number of nitrogens with one attached hydrogen (secondary N) is 2. The van der Waals surface area contributed by atoms with Crippen molar-refractivity contribution in [3.63, 3.8) is 0 Å². The number of rotatable bonds is 9. The van der Waals surface area contributed by atoms with Crippen LogP contribution in [0.25, 0.3) is 0 Å². The zero-order valence-electron chi connectivity index (χ0n) is 11.6. The molecule has 0 saturated heterocycles. The van der Waals surface area contributed by atoms with Gasteiger partial charge in [0.05, 0.1) is 0 Å². The van der Waals surface area contributed by atoms with E-state index in [0.717, 1.165) is 12.3 Å². The Labute approximate surface area is 113 Å². The number of amides is 2. The summed E-state index contributed by atoms with van der Waals surface area (Å²) in [6.07, 6.45) is 4.42. The molecule has 2 unspecified atom stereocenters. The van der Waals surface area contributed by atoms with Crippen molar-refractivity contribution < 1.29 is 19.4 Å². The molecule has 6 heteroatoms. The fraction of sp³-hybridized carbons (Fsp3) is 0.846. The molecule has 0 aliphatic heterocycles. The number of urea groups is 1. The van der Waals surface area contributed by atoms with Crippen molar-refractivity contribution >= 4 is 12.0 Å². The van der Waals surface area contributed by atoms with Gasteiger partial charge in [-0.15, -0.1) is 0 Å². The Kier molecular flexibility index (Phi) is 6.62. The van der Waals surface area contributed by atoms with Gasteiger partial charge in [-0.3, -0.25) is 0 Å². The number of aliphatic carboxylic acids is 1. The summed E-state index contributed by atoms with van der Waals surface area (Å²) < 4.78 is 4.87. The molecule has 0 aromatic carbocycles. The summed E-state index contributed by atoms with van der Waals surface area (Å²) >= 11 is 0. The molecule has 1 saturated carbocycles. The first-order chi connectivity index (χ1) is 9.02. The predicted molar refractivity (Wildman–Crippen MR) is 71.0 cm³/mol. The Morgan fingerprint density at radius 2 is 2.05 bits per heavy atom. The summed E-state index contributed by atoms with van der Waals surface area (Å²) in [5.41, 5.74) is 0. The Morgan fingerprint density at radius 1 is 1.37 bits per heavy atom. The number of methoxy groups -OCH3 is 1. The fourth-order valence-electron chi connectivity index (χ4n) is 2.03. The van der Waals surface area contributed by atoms with Crippen molar-refractivity contribution in [1.29, 1.82) is 0 Å². The lowest BCUT2D eigenvalue weighted by molar-refractivity contribution is -0.139. The molecular weight excluding hydrogens is 248 g/mol. The lowest BCUT2D eigenvalue weighted by Crippen LogP contribution is -2.48. The van der Waals surface area contributed by atoms with E-state index in [1.165, 1.54) is 12.8 Å². The Morgan fingerprint density at radius 3 is 2.58 bits per heavy atom. The Hall–Kier alpha value is -1.30. The van der Waals surface area contributed by atoms with Gasteiger partial charge in [0, 0.05) is 19.8 Å². The van der Waals surface area contributed by atoms with Gasteiger partial charge in [-0.2, -0.15) is 0 Å². The quantitative estimate of drug-likeness (QED) is 0.553. The molecule has 1 fully saturated rings. The van der Waals surface area contributed by atoms with Crippen LogP contribution < -0.4 is 10.6 Å². The summed E-state index contributed by atoms with van der Waals surface area (Å²) in [6, 6.07) is -1.18. The minimum atomic E-state index is -1.01. The minimum absolute atomic E-state index is 0.0842. The van der Waals surface area contributed by atoms with Crippen molar-refractivity contribution in [1.82, 2.24) is 10.6 Å². The first-order valence-electron chi connectivity index (χ1n) is 6.81. The molecule has 2 amide bonds. The molecule has 0 aromatic rings. The normalized spacial score (nSPS) is 17.6. The number of carbonyl (C=O) groups excluding carboxylic acids is 1. The molecule has 0 aromatic heterocycles. The second-order valence-corrected chi connectivity index (χ2v) is 5.22. The third-order valence-electron chi connectivity index (χ3n) is 3.21. The molecule has 0 heterocycles. The van der Waals surface area contributed by atoms with E-state index in [9.17, 15) is 9.59 Å². The van der Waals surface area contributed by atoms with Crippen LogP contribution in [0.3, 0.4) is 0 Å². The molecule has 2 atom stereocenters. The van der Waals surface area contributed by atoms with E-state index in [1.54, 1.807) is 7.11 Å². The van der Waals surface area contributed by atoms with Gasteiger partial charge in [0.25, 0.3) is 0 Å². The molecule has 0 bridgehead atoms. The second-order valence-electron chi connectivity index (χ2n) is 5.22. The standard InChI is InChI=1S/C13H24N2O4/c1-9(8-10-5-6-10)14-13(18)15-11(12(16)17)4-3-7-19-2/h9-11H,3-8H2,1-2H3,(H,16,17)(H2,14,15,18). The molecule has 0 spiro atoms. The average molecular weight is 272 g/mol. The Bertz CT molecular complexity index is 305. The van der Waals surface area contributed by atoms with E-state index in [4.69, 9.17) is 9.84 Å². The molecule has 19 heavy (non-hydrogen) atoms. The van der Waals surface area contributed by atoms with Gasteiger partial charge in [0.1, 0.15) is 6.04 Å². The highest BCUT2D eigenvalue weighted by molar-refractivity contribution is 5.82. The zero-order chi connectivity index (χ0) is 14.3. The average Bonchev–Trinajstić information content (AvgIpc) is 3.11. The third kappa shape index (κ3) is 7.00. The van der Waals surface area contributed by atoms with Crippen LogP contribution in [-0.4, -0.2) is 42.9 Å². The third-order valence-corrected chi connectivity index (χ3v) is 3.21. The van der Waals surface area contributed by atoms with Crippen LogP contribution >= 0.6 is 0 Å². The minimum Gasteiger partial charge on any atom is -0.480 e. The number of carbonyl (C=O) groups is 2. The van der Waals surface area contributed by atoms with Crippen molar-refractivity contribution in [3.8, 4) is 0 Å². The number of carboxylic acid groups (broad SMARTS) is 1. The van der Waals surface area contributed by atoms with Gasteiger partial charge in [-0.25, -0.2) is 9.59 Å². The van der Waals surface area contributed by atoms with Crippen LogP contribution in [0.2, 0.25) is 0 Å². The van der Waals surface area contributed by atoms with Crippen LogP contribution in [0, 0.1) is 5.92 Å². The summed E-state index contributed by atoms with van der Waals surface area (Å²) in [5.74, 6) is -0.284. The lowest BCUT2D eigenvalue weighted by atomic mass is 10.1. The van der Waals surface area contributed by atoms with Crippen LogP contribution in [0.5, 0.6) is 0 Å². The summed E-state index contributed by atoms with van der Waals surface area (Å²) in [7, 11) is 1.56. The topological polar surface area (TPSA) is 87.7 Å². The van der Waals surface area contributed by atoms with Crippen LogP contribution in [0.15, 0.2) is 0 Å². The highest BCUT2D eigenvalue weighted by atomic mass is 16.5. The summed E-state index contributed by atoms with van der Waals surface area (Å²) in [6.45, 7) is 2.43. The van der Waals surface area contributed by atoms with E-state index < -0.39 is 18.0 Å². The monoisotopic (exact) mass is 272 g/mol. The van der Waals surface area contributed by atoms with E-state index in [2.05, 4.69) is 10.6 Å². The predicted octanol–water partition coefficient (Wildman–Crippen LogP) is 1.35. The molecule has 1 aliphatic carbocycles. The largest absolute Gasteiger partial charge is 0.480 e. The first kappa shape index (κ1) is 15.8. The number of carboxylic acids is 1. The maximum atomic E-state index is 11.7. The summed E-state index contributed by atoms with van der Waals surface area (Å²) in [5, 5.41) is 14.3. The van der Waals surface area contributed by atoms with E-state index in [1.807, 2.05) is 6.92 Å². The fourth-order valence-corrected chi connectivity index (χ4v) is 2.03. The molecule has 6 nitrogen and oxygen atoms in total. The molecular formula is C13H24N2O4. The van der Waals surface area contributed by atoms with Crippen LogP contribution in [0.4, 0.5) is 4.79 Å². The van der Waals surface area contributed by atoms with Gasteiger partial charge in [-0.05, 0) is 32.1 Å². The second kappa shape index (κ2) is 7.99. The van der Waals surface area contributed by atoms with Gasteiger partial charge in [0.2, 0.25) is 0 Å². The summed E-state index contributed by atoms with van der Waals surface area (Å²) in [4.78, 5) is 22.7. The van der Waals surface area contributed by atoms with E-state index in [-0.39, 0.29) is 6.04 Å². The number of ether oxygens (including phenoxy) is 1. The van der Waals surface area contributed by atoms with Crippen LogP contribution in [-0.2, 0) is 9.53 Å². The molecule has 110 valence electrons. The smallest absolute Gasteiger partial charge is 0.326 e.